The number of thiophene rings is 1. The number of rotatable bonds is 8. The van der Waals surface area contributed by atoms with Gasteiger partial charge in [0.25, 0.3) is 5.91 Å². The van der Waals surface area contributed by atoms with E-state index in [0.29, 0.717) is 44.0 Å². The largest absolute Gasteiger partial charge is 0.482 e. The molecule has 0 N–H and O–H groups in total. The van der Waals surface area contributed by atoms with Crippen LogP contribution >= 0.6 is 11.3 Å². The number of methoxy groups -OCH3 is 1. The first-order valence-corrected chi connectivity index (χ1v) is 16.4. The van der Waals surface area contributed by atoms with E-state index in [-0.39, 0.29) is 36.9 Å². The summed E-state index contributed by atoms with van der Waals surface area (Å²) in [6.07, 6.45) is 2.78. The SMILES string of the molecule is COCCCN1C(=O)COc2ccc(N(C(=O)[C@@H]3CN(C(=O)OC(C)(C)C)CC[C@H]3c3csc4ccccc34)C3CC3)cc21. The second-order valence-corrected chi connectivity index (χ2v) is 13.8. The Kier molecular flexibility index (Phi) is 8.57. The third kappa shape index (κ3) is 6.28. The Morgan fingerprint density at radius 1 is 1.11 bits per heavy atom. The average molecular weight is 620 g/mol. The molecule has 2 atom stereocenters. The van der Waals surface area contributed by atoms with Gasteiger partial charge in [0.1, 0.15) is 11.4 Å². The van der Waals surface area contributed by atoms with Gasteiger partial charge >= 0.3 is 6.09 Å². The molecule has 44 heavy (non-hydrogen) atoms. The molecule has 2 aromatic carbocycles. The molecular formula is C34H41N3O6S. The van der Waals surface area contributed by atoms with Gasteiger partial charge in [-0.15, -0.1) is 11.3 Å². The molecule has 3 aliphatic rings. The summed E-state index contributed by atoms with van der Waals surface area (Å²) < 4.78 is 17.9. The van der Waals surface area contributed by atoms with Crippen LogP contribution in [0.5, 0.6) is 5.75 Å². The predicted molar refractivity (Wildman–Crippen MR) is 172 cm³/mol. The number of carbonyl (C=O) groups is 3. The van der Waals surface area contributed by atoms with Gasteiger partial charge in [-0.05, 0) is 87.0 Å². The van der Waals surface area contributed by atoms with Crippen molar-refractivity contribution in [3.63, 3.8) is 0 Å². The van der Waals surface area contributed by atoms with E-state index in [2.05, 4.69) is 17.5 Å². The number of carbonyl (C=O) groups excluding carboxylic acids is 3. The quantitative estimate of drug-likeness (QED) is 0.279. The Labute approximate surface area is 262 Å². The summed E-state index contributed by atoms with van der Waals surface area (Å²) in [5, 5.41) is 3.35. The van der Waals surface area contributed by atoms with E-state index in [4.69, 9.17) is 14.2 Å². The fourth-order valence-corrected chi connectivity index (χ4v) is 7.36. The van der Waals surface area contributed by atoms with E-state index in [0.717, 1.165) is 24.1 Å². The number of anilines is 2. The molecule has 3 heterocycles. The van der Waals surface area contributed by atoms with Gasteiger partial charge in [0.15, 0.2) is 6.61 Å². The van der Waals surface area contributed by atoms with Crippen molar-refractivity contribution in [3.05, 3.63) is 53.4 Å². The van der Waals surface area contributed by atoms with Crippen molar-refractivity contribution in [1.82, 2.24) is 4.90 Å². The second-order valence-electron chi connectivity index (χ2n) is 12.9. The number of hydrogen-bond acceptors (Lipinski definition) is 7. The van der Waals surface area contributed by atoms with Crippen molar-refractivity contribution >= 4 is 50.7 Å². The van der Waals surface area contributed by atoms with Crippen molar-refractivity contribution in [2.45, 2.75) is 64.0 Å². The van der Waals surface area contributed by atoms with Gasteiger partial charge < -0.3 is 28.9 Å². The molecule has 3 aromatic rings. The summed E-state index contributed by atoms with van der Waals surface area (Å²) in [6, 6.07) is 14.1. The number of ether oxygens (including phenoxy) is 3. The van der Waals surface area contributed by atoms with Gasteiger partial charge in [-0.3, -0.25) is 9.59 Å². The molecule has 2 aliphatic heterocycles. The van der Waals surface area contributed by atoms with Crippen molar-refractivity contribution in [2.75, 3.05) is 49.8 Å². The zero-order chi connectivity index (χ0) is 31.0. The highest BCUT2D eigenvalue weighted by Crippen LogP contribution is 2.44. The minimum Gasteiger partial charge on any atom is -0.482 e. The third-order valence-corrected chi connectivity index (χ3v) is 9.52. The van der Waals surface area contributed by atoms with Crippen LogP contribution in [0.3, 0.4) is 0 Å². The van der Waals surface area contributed by atoms with E-state index in [1.54, 1.807) is 28.2 Å². The molecule has 3 amide bonds. The maximum Gasteiger partial charge on any atom is 0.410 e. The summed E-state index contributed by atoms with van der Waals surface area (Å²) in [6.45, 7) is 7.41. The molecule has 10 heteroatoms. The predicted octanol–water partition coefficient (Wildman–Crippen LogP) is 6.20. The molecule has 0 radical (unpaired) electrons. The van der Waals surface area contributed by atoms with E-state index in [1.165, 1.54) is 10.1 Å². The second kappa shape index (κ2) is 12.4. The summed E-state index contributed by atoms with van der Waals surface area (Å²) in [5.41, 5.74) is 1.95. The molecule has 0 unspecified atom stereocenters. The lowest BCUT2D eigenvalue weighted by Crippen LogP contribution is -2.51. The third-order valence-electron chi connectivity index (χ3n) is 8.54. The maximum absolute atomic E-state index is 14.8. The Bertz CT molecular complexity index is 1540. The van der Waals surface area contributed by atoms with E-state index in [9.17, 15) is 14.4 Å². The van der Waals surface area contributed by atoms with Crippen LogP contribution in [0, 0.1) is 5.92 Å². The maximum atomic E-state index is 14.8. The topological polar surface area (TPSA) is 88.6 Å². The Hall–Kier alpha value is -3.63. The van der Waals surface area contributed by atoms with E-state index in [1.807, 2.05) is 56.0 Å². The van der Waals surface area contributed by atoms with Crippen LogP contribution in [-0.4, -0.2) is 74.4 Å². The molecule has 234 valence electrons. The van der Waals surface area contributed by atoms with Crippen LogP contribution in [0.4, 0.5) is 16.2 Å². The zero-order valence-electron chi connectivity index (χ0n) is 25.9. The number of amides is 3. The molecule has 2 fully saturated rings. The van der Waals surface area contributed by atoms with Crippen LogP contribution < -0.4 is 14.5 Å². The number of likely N-dealkylation sites (tertiary alicyclic amines) is 1. The van der Waals surface area contributed by atoms with Gasteiger partial charge in [0.05, 0.1) is 11.6 Å². The summed E-state index contributed by atoms with van der Waals surface area (Å²) in [5.74, 6) is 0.00771. The number of fused-ring (bicyclic) bond motifs is 2. The minimum atomic E-state index is -0.630. The lowest BCUT2D eigenvalue weighted by atomic mass is 9.79. The van der Waals surface area contributed by atoms with Gasteiger partial charge in [-0.25, -0.2) is 4.79 Å². The fourth-order valence-electron chi connectivity index (χ4n) is 6.33. The van der Waals surface area contributed by atoms with E-state index < -0.39 is 17.6 Å². The minimum absolute atomic E-state index is 0.00465. The monoisotopic (exact) mass is 619 g/mol. The van der Waals surface area contributed by atoms with E-state index >= 15 is 0 Å². The molecule has 9 nitrogen and oxygen atoms in total. The molecule has 0 spiro atoms. The molecule has 1 aromatic heterocycles. The first kappa shape index (κ1) is 30.4. The smallest absolute Gasteiger partial charge is 0.410 e. The highest BCUT2D eigenvalue weighted by Gasteiger charge is 2.44. The molecule has 1 aliphatic carbocycles. The van der Waals surface area contributed by atoms with Crippen LogP contribution in [0.2, 0.25) is 0 Å². The van der Waals surface area contributed by atoms with Crippen molar-refractivity contribution in [3.8, 4) is 5.75 Å². The molecule has 6 rings (SSSR count). The highest BCUT2D eigenvalue weighted by molar-refractivity contribution is 7.17. The van der Waals surface area contributed by atoms with Crippen LogP contribution in [0.1, 0.15) is 57.9 Å². The highest BCUT2D eigenvalue weighted by atomic mass is 32.1. The Morgan fingerprint density at radius 2 is 1.91 bits per heavy atom. The first-order chi connectivity index (χ1) is 21.1. The number of piperidine rings is 1. The number of nitrogens with zero attached hydrogens (tertiary/aromatic N) is 3. The van der Waals surface area contributed by atoms with Crippen LogP contribution in [0.15, 0.2) is 47.8 Å². The normalized spacial score (nSPS) is 20.3. The molecule has 0 bridgehead atoms. The van der Waals surface area contributed by atoms with Gasteiger partial charge in [0, 0.05) is 55.7 Å². The fraction of sp³-hybridized carbons (Fsp3) is 0.500. The first-order valence-electron chi connectivity index (χ1n) is 15.5. The van der Waals surface area contributed by atoms with Gasteiger partial charge in [-0.1, -0.05) is 18.2 Å². The summed E-state index contributed by atoms with van der Waals surface area (Å²) in [4.78, 5) is 46.3. The van der Waals surface area contributed by atoms with Crippen molar-refractivity contribution < 1.29 is 28.6 Å². The molecular weight excluding hydrogens is 578 g/mol. The Morgan fingerprint density at radius 3 is 2.66 bits per heavy atom. The lowest BCUT2D eigenvalue weighted by molar-refractivity contribution is -0.124. The van der Waals surface area contributed by atoms with Crippen LogP contribution in [0.25, 0.3) is 10.1 Å². The molecule has 1 saturated heterocycles. The van der Waals surface area contributed by atoms with Crippen LogP contribution in [-0.2, 0) is 19.1 Å². The van der Waals surface area contributed by atoms with Crippen molar-refractivity contribution in [2.24, 2.45) is 5.92 Å². The van der Waals surface area contributed by atoms with Gasteiger partial charge in [0.2, 0.25) is 5.91 Å². The number of benzene rings is 2. The lowest BCUT2D eigenvalue weighted by Gasteiger charge is -2.40. The average Bonchev–Trinajstić information content (AvgIpc) is 3.74. The standard InChI is InChI=1S/C34H41N3O6S/c1-34(2,3)43-33(40)35-16-14-24(27-21-44-30-9-6-5-8-25(27)30)26(19-35)32(39)37(22-10-11-22)23-12-13-29-28(18-23)36(15-7-17-41-4)31(38)20-42-29/h5-6,8-9,12-13,18,21-22,24,26H,7,10-11,14-17,19-20H2,1-4H3/t24-,26-/m1/s1. The summed E-state index contributed by atoms with van der Waals surface area (Å²) >= 11 is 1.69. The zero-order valence-corrected chi connectivity index (χ0v) is 26.7. The number of hydrogen-bond donors (Lipinski definition) is 0. The Balaban J connectivity index is 1.35. The van der Waals surface area contributed by atoms with Crippen molar-refractivity contribution in [1.29, 1.82) is 0 Å². The summed E-state index contributed by atoms with van der Waals surface area (Å²) in [7, 11) is 1.65. The molecule has 1 saturated carbocycles. The van der Waals surface area contributed by atoms with Gasteiger partial charge in [-0.2, -0.15) is 0 Å².